The van der Waals surface area contributed by atoms with Crippen LogP contribution in [0.25, 0.3) is 0 Å². The van der Waals surface area contributed by atoms with Crippen LogP contribution in [-0.4, -0.2) is 42.5 Å². The highest BCUT2D eigenvalue weighted by Crippen LogP contribution is 2.30. The number of rotatable bonds is 8. The van der Waals surface area contributed by atoms with Crippen molar-refractivity contribution >= 4 is 17.3 Å². The summed E-state index contributed by atoms with van der Waals surface area (Å²) in [5, 5.41) is 13.6. The fourth-order valence-electron chi connectivity index (χ4n) is 3.05. The number of carbonyl (C=O) groups excluding carboxylic acids is 1. The van der Waals surface area contributed by atoms with Crippen molar-refractivity contribution in [2.75, 3.05) is 32.1 Å². The molecule has 0 bridgehead atoms. The van der Waals surface area contributed by atoms with Crippen LogP contribution in [0, 0.1) is 10.1 Å². The molecule has 1 amide bonds. The number of hydrogen-bond acceptors (Lipinski definition) is 5. The predicted octanol–water partition coefficient (Wildman–Crippen LogP) is 3.03. The molecule has 1 heterocycles. The molecule has 0 fully saturated rings. The molecule has 0 atom stereocenters. The van der Waals surface area contributed by atoms with Crippen molar-refractivity contribution in [1.29, 1.82) is 0 Å². The molecule has 2 aromatic rings. The van der Waals surface area contributed by atoms with Crippen LogP contribution in [0.5, 0.6) is 5.75 Å². The van der Waals surface area contributed by atoms with Gasteiger partial charge < -0.3 is 15.0 Å². The molecule has 3 rings (SSSR count). The van der Waals surface area contributed by atoms with E-state index in [0.29, 0.717) is 19.4 Å². The maximum atomic E-state index is 11.5. The number of carbonyl (C=O) groups is 1. The number of likely N-dealkylation sites (N-methyl/N-ethyl adjacent to an activating group) is 1. The number of amides is 1. The van der Waals surface area contributed by atoms with E-state index in [-0.39, 0.29) is 16.5 Å². The molecular weight excluding hydrogens is 346 g/mol. The Morgan fingerprint density at radius 1 is 1.15 bits per heavy atom. The summed E-state index contributed by atoms with van der Waals surface area (Å²) in [4.78, 5) is 23.9. The standard InChI is InChI=1S/C20H23N3O4/c1-22(12-11-15-5-7-16(8-6-15)23(25)26)13-14-27-19-4-2-3-18-17(19)9-10-20(24)21-18/h2-8H,9-14H2,1H3,(H,21,24). The summed E-state index contributed by atoms with van der Waals surface area (Å²) in [6.07, 6.45) is 2.01. The van der Waals surface area contributed by atoms with Crippen LogP contribution in [0.1, 0.15) is 17.5 Å². The molecule has 2 aromatic carbocycles. The van der Waals surface area contributed by atoms with Gasteiger partial charge >= 0.3 is 0 Å². The van der Waals surface area contributed by atoms with Crippen molar-refractivity contribution in [2.45, 2.75) is 19.3 Å². The number of fused-ring (bicyclic) bond motifs is 1. The van der Waals surface area contributed by atoms with Gasteiger partial charge in [0.15, 0.2) is 0 Å². The Morgan fingerprint density at radius 2 is 1.93 bits per heavy atom. The van der Waals surface area contributed by atoms with Gasteiger partial charge in [-0.15, -0.1) is 0 Å². The smallest absolute Gasteiger partial charge is 0.269 e. The minimum atomic E-state index is -0.388. The first-order chi connectivity index (χ1) is 13.0. The van der Waals surface area contributed by atoms with Crippen LogP contribution in [0.15, 0.2) is 42.5 Å². The molecule has 0 saturated heterocycles. The van der Waals surface area contributed by atoms with Gasteiger partial charge in [-0.3, -0.25) is 14.9 Å². The lowest BCUT2D eigenvalue weighted by Crippen LogP contribution is -2.27. The Morgan fingerprint density at radius 3 is 2.67 bits per heavy atom. The molecule has 7 heteroatoms. The lowest BCUT2D eigenvalue weighted by molar-refractivity contribution is -0.384. The lowest BCUT2D eigenvalue weighted by Gasteiger charge is -2.21. The molecule has 0 unspecified atom stereocenters. The van der Waals surface area contributed by atoms with E-state index in [1.807, 2.05) is 25.2 Å². The molecule has 7 nitrogen and oxygen atoms in total. The highest BCUT2D eigenvalue weighted by molar-refractivity contribution is 5.94. The summed E-state index contributed by atoms with van der Waals surface area (Å²) in [7, 11) is 2.02. The third-order valence-electron chi connectivity index (χ3n) is 4.67. The predicted molar refractivity (Wildman–Crippen MR) is 103 cm³/mol. The van der Waals surface area contributed by atoms with E-state index in [2.05, 4.69) is 10.2 Å². The van der Waals surface area contributed by atoms with Crippen LogP contribution >= 0.6 is 0 Å². The first-order valence-electron chi connectivity index (χ1n) is 8.99. The lowest BCUT2D eigenvalue weighted by atomic mass is 10.0. The second kappa shape index (κ2) is 8.64. The first-order valence-corrected chi connectivity index (χ1v) is 8.99. The number of nitrogens with one attached hydrogen (secondary N) is 1. The highest BCUT2D eigenvalue weighted by atomic mass is 16.6. The third-order valence-corrected chi connectivity index (χ3v) is 4.67. The number of nitro groups is 1. The zero-order valence-electron chi connectivity index (χ0n) is 15.3. The van der Waals surface area contributed by atoms with Gasteiger partial charge in [-0.25, -0.2) is 0 Å². The van der Waals surface area contributed by atoms with Crippen molar-refractivity contribution < 1.29 is 14.5 Å². The molecule has 0 radical (unpaired) electrons. The van der Waals surface area contributed by atoms with Crippen LogP contribution in [-0.2, 0) is 17.6 Å². The van der Waals surface area contributed by atoms with E-state index in [1.54, 1.807) is 12.1 Å². The Hall–Kier alpha value is -2.93. The average molecular weight is 369 g/mol. The number of benzene rings is 2. The van der Waals surface area contributed by atoms with Gasteiger partial charge in [-0.1, -0.05) is 18.2 Å². The fraction of sp³-hybridized carbons (Fsp3) is 0.350. The number of non-ortho nitro benzene ring substituents is 1. The van der Waals surface area contributed by atoms with Gasteiger partial charge in [0, 0.05) is 42.9 Å². The summed E-state index contributed by atoms with van der Waals surface area (Å²) < 4.78 is 5.94. The van der Waals surface area contributed by atoms with Gasteiger partial charge in [0.1, 0.15) is 12.4 Å². The SMILES string of the molecule is CN(CCOc1cccc2c1CCC(=O)N2)CCc1ccc([N+](=O)[O-])cc1. The Labute approximate surface area is 158 Å². The maximum Gasteiger partial charge on any atom is 0.269 e. The normalized spacial score (nSPS) is 13.2. The molecular formula is C20H23N3O4. The summed E-state index contributed by atoms with van der Waals surface area (Å²) in [5.41, 5.74) is 3.09. The van der Waals surface area contributed by atoms with Crippen LogP contribution < -0.4 is 10.1 Å². The van der Waals surface area contributed by atoms with Gasteiger partial charge in [0.2, 0.25) is 5.91 Å². The van der Waals surface area contributed by atoms with E-state index in [4.69, 9.17) is 4.74 Å². The molecule has 0 spiro atoms. The van der Waals surface area contributed by atoms with Gasteiger partial charge in [0.05, 0.1) is 4.92 Å². The van der Waals surface area contributed by atoms with E-state index in [1.165, 1.54) is 12.1 Å². The van der Waals surface area contributed by atoms with E-state index < -0.39 is 0 Å². The molecule has 27 heavy (non-hydrogen) atoms. The van der Waals surface area contributed by atoms with Crippen molar-refractivity contribution in [3.63, 3.8) is 0 Å². The highest BCUT2D eigenvalue weighted by Gasteiger charge is 2.18. The number of nitro benzene ring substituents is 1. The van der Waals surface area contributed by atoms with Crippen molar-refractivity contribution in [3.8, 4) is 5.75 Å². The Kier molecular flexibility index (Phi) is 6.03. The molecule has 0 saturated carbocycles. The van der Waals surface area contributed by atoms with E-state index >= 15 is 0 Å². The quantitative estimate of drug-likeness (QED) is 0.571. The number of ether oxygens (including phenoxy) is 1. The fourth-order valence-corrected chi connectivity index (χ4v) is 3.05. The zero-order chi connectivity index (χ0) is 19.2. The van der Waals surface area contributed by atoms with Gasteiger partial charge in [-0.2, -0.15) is 0 Å². The largest absolute Gasteiger partial charge is 0.492 e. The molecule has 0 aliphatic carbocycles. The summed E-state index contributed by atoms with van der Waals surface area (Å²) in [5.74, 6) is 0.877. The van der Waals surface area contributed by atoms with Crippen molar-refractivity contribution in [1.82, 2.24) is 4.90 Å². The topological polar surface area (TPSA) is 84.7 Å². The number of anilines is 1. The molecule has 142 valence electrons. The van der Waals surface area contributed by atoms with Crippen LogP contribution in [0.3, 0.4) is 0 Å². The Balaban J connectivity index is 1.45. The third kappa shape index (κ3) is 5.04. The van der Waals surface area contributed by atoms with Crippen molar-refractivity contribution in [3.05, 3.63) is 63.7 Å². The maximum absolute atomic E-state index is 11.5. The van der Waals surface area contributed by atoms with Gasteiger partial charge in [-0.05, 0) is 37.6 Å². The van der Waals surface area contributed by atoms with E-state index in [0.717, 1.165) is 42.1 Å². The van der Waals surface area contributed by atoms with Gasteiger partial charge in [0.25, 0.3) is 5.69 Å². The van der Waals surface area contributed by atoms with Crippen LogP contribution in [0.4, 0.5) is 11.4 Å². The van der Waals surface area contributed by atoms with E-state index in [9.17, 15) is 14.9 Å². The summed E-state index contributed by atoms with van der Waals surface area (Å²) >= 11 is 0. The molecule has 1 N–H and O–H groups in total. The average Bonchev–Trinajstić information content (AvgIpc) is 2.66. The number of nitrogens with zero attached hydrogens (tertiary/aromatic N) is 2. The zero-order valence-corrected chi connectivity index (χ0v) is 15.3. The summed E-state index contributed by atoms with van der Waals surface area (Å²) in [6, 6.07) is 12.4. The van der Waals surface area contributed by atoms with Crippen molar-refractivity contribution in [2.24, 2.45) is 0 Å². The first kappa shape index (κ1) is 18.8. The molecule has 1 aliphatic heterocycles. The molecule has 1 aliphatic rings. The minimum absolute atomic E-state index is 0.0469. The Bertz CT molecular complexity index is 820. The number of hydrogen-bond donors (Lipinski definition) is 1. The minimum Gasteiger partial charge on any atom is -0.492 e. The summed E-state index contributed by atoms with van der Waals surface area (Å²) in [6.45, 7) is 2.16. The second-order valence-electron chi connectivity index (χ2n) is 6.66. The molecule has 0 aromatic heterocycles. The van der Waals surface area contributed by atoms with Crippen LogP contribution in [0.2, 0.25) is 0 Å². The monoisotopic (exact) mass is 369 g/mol. The second-order valence-corrected chi connectivity index (χ2v) is 6.66.